The number of aromatic nitrogens is 2. The molecule has 1 aromatic carbocycles. The molecule has 0 radical (unpaired) electrons. The predicted molar refractivity (Wildman–Crippen MR) is 81.8 cm³/mol. The molecule has 116 valence electrons. The molecule has 0 aliphatic rings. The van der Waals surface area contributed by atoms with Gasteiger partial charge in [0, 0.05) is 32.0 Å². The van der Waals surface area contributed by atoms with Crippen molar-refractivity contribution in [2.75, 3.05) is 32.8 Å². The lowest BCUT2D eigenvalue weighted by Crippen LogP contribution is -2.12. The largest absolute Gasteiger partial charge is 0.382 e. The number of fused-ring (bicyclic) bond motifs is 1. The number of alkyl halides is 1. The average Bonchev–Trinajstić information content (AvgIpc) is 2.77. The minimum absolute atomic E-state index is 0.0846. The van der Waals surface area contributed by atoms with Crippen molar-refractivity contribution in [2.24, 2.45) is 0 Å². The fraction of sp³-hybridized carbons (Fsp3) is 0.500. The van der Waals surface area contributed by atoms with Gasteiger partial charge in [0.05, 0.1) is 35.9 Å². The minimum atomic E-state index is -0.470. The molecule has 0 aliphatic carbocycles. The Hall–Kier alpha value is -0.880. The van der Waals surface area contributed by atoms with E-state index in [0.29, 0.717) is 44.2 Å². The average molecular weight is 335 g/mol. The summed E-state index contributed by atoms with van der Waals surface area (Å²) in [6.45, 7) is 2.20. The number of benzene rings is 1. The second-order valence-electron chi connectivity index (χ2n) is 4.48. The van der Waals surface area contributed by atoms with Crippen molar-refractivity contribution in [1.82, 2.24) is 9.55 Å². The van der Waals surface area contributed by atoms with Crippen LogP contribution in [0.2, 0.25) is 5.02 Å². The molecule has 2 rings (SSSR count). The van der Waals surface area contributed by atoms with Crippen LogP contribution in [0.15, 0.2) is 12.1 Å². The van der Waals surface area contributed by atoms with E-state index >= 15 is 0 Å². The molecule has 0 N–H and O–H groups in total. The summed E-state index contributed by atoms with van der Waals surface area (Å²) in [7, 11) is 1.63. The lowest BCUT2D eigenvalue weighted by atomic mass is 10.3. The van der Waals surface area contributed by atoms with Crippen LogP contribution in [0.5, 0.6) is 0 Å². The molecule has 0 amide bonds. The summed E-state index contributed by atoms with van der Waals surface area (Å²) in [4.78, 5) is 4.42. The number of hydrogen-bond donors (Lipinski definition) is 0. The van der Waals surface area contributed by atoms with Gasteiger partial charge in [-0.1, -0.05) is 11.6 Å². The van der Waals surface area contributed by atoms with E-state index in [1.165, 1.54) is 6.07 Å². The third-order valence-corrected chi connectivity index (χ3v) is 3.56. The van der Waals surface area contributed by atoms with Crippen molar-refractivity contribution in [1.29, 1.82) is 0 Å². The van der Waals surface area contributed by atoms with E-state index in [9.17, 15) is 4.39 Å². The summed E-state index contributed by atoms with van der Waals surface area (Å²) in [5.41, 5.74) is 1.37. The van der Waals surface area contributed by atoms with Gasteiger partial charge in [0.15, 0.2) is 0 Å². The highest BCUT2D eigenvalue weighted by atomic mass is 35.5. The zero-order valence-electron chi connectivity index (χ0n) is 11.7. The first-order valence-corrected chi connectivity index (χ1v) is 7.55. The Kier molecular flexibility index (Phi) is 6.23. The first kappa shape index (κ1) is 16.5. The second kappa shape index (κ2) is 7.94. The number of nitrogens with zero attached hydrogens (tertiary/aromatic N) is 2. The molecule has 4 nitrogen and oxygen atoms in total. The summed E-state index contributed by atoms with van der Waals surface area (Å²) in [5, 5.41) is 0.0846. The molecule has 0 spiro atoms. The Balaban J connectivity index is 2.21. The molecular formula is C14H17Cl2FN2O2. The van der Waals surface area contributed by atoms with Gasteiger partial charge in [-0.2, -0.15) is 0 Å². The van der Waals surface area contributed by atoms with E-state index in [-0.39, 0.29) is 5.02 Å². The zero-order chi connectivity index (χ0) is 15.2. The van der Waals surface area contributed by atoms with Crippen molar-refractivity contribution in [3.05, 3.63) is 28.8 Å². The van der Waals surface area contributed by atoms with E-state index < -0.39 is 5.82 Å². The number of hydrogen-bond acceptors (Lipinski definition) is 3. The molecule has 0 fully saturated rings. The highest BCUT2D eigenvalue weighted by molar-refractivity contribution is 6.31. The molecule has 0 aliphatic heterocycles. The van der Waals surface area contributed by atoms with Crippen LogP contribution >= 0.6 is 23.2 Å². The topological polar surface area (TPSA) is 36.3 Å². The minimum Gasteiger partial charge on any atom is -0.382 e. The van der Waals surface area contributed by atoms with E-state index in [1.807, 2.05) is 4.57 Å². The molecular weight excluding hydrogens is 318 g/mol. The van der Waals surface area contributed by atoms with Gasteiger partial charge >= 0.3 is 0 Å². The van der Waals surface area contributed by atoms with Crippen LogP contribution in [0.1, 0.15) is 5.82 Å². The van der Waals surface area contributed by atoms with Gasteiger partial charge in [0.2, 0.25) is 0 Å². The van der Waals surface area contributed by atoms with Crippen LogP contribution < -0.4 is 0 Å². The smallest absolute Gasteiger partial charge is 0.144 e. The summed E-state index contributed by atoms with van der Waals surface area (Å²) >= 11 is 11.7. The quantitative estimate of drug-likeness (QED) is 0.549. The Morgan fingerprint density at radius 1 is 1.29 bits per heavy atom. The first-order valence-electron chi connectivity index (χ1n) is 6.64. The molecule has 0 bridgehead atoms. The zero-order valence-corrected chi connectivity index (χ0v) is 13.3. The number of rotatable bonds is 8. The van der Waals surface area contributed by atoms with Gasteiger partial charge in [-0.3, -0.25) is 0 Å². The maximum atomic E-state index is 13.5. The van der Waals surface area contributed by atoms with E-state index in [1.54, 1.807) is 13.2 Å². The van der Waals surface area contributed by atoms with Gasteiger partial charge in [0.25, 0.3) is 0 Å². The standard InChI is InChI=1S/C14H17Cl2FN2O2/c1-20-6-7-21-5-4-19-13-8-10(16)11(17)9-12(13)18-14(19)2-3-15/h8-9H,2-7H2,1H3. The maximum Gasteiger partial charge on any atom is 0.144 e. The summed E-state index contributed by atoms with van der Waals surface area (Å²) in [5.74, 6) is 0.781. The molecule has 21 heavy (non-hydrogen) atoms. The second-order valence-corrected chi connectivity index (χ2v) is 5.26. The monoisotopic (exact) mass is 334 g/mol. The third kappa shape index (κ3) is 4.07. The van der Waals surface area contributed by atoms with Gasteiger partial charge < -0.3 is 14.0 Å². The van der Waals surface area contributed by atoms with Gasteiger partial charge in [-0.05, 0) is 6.07 Å². The normalized spacial score (nSPS) is 11.4. The van der Waals surface area contributed by atoms with E-state index in [2.05, 4.69) is 4.98 Å². The number of halogens is 3. The summed E-state index contributed by atoms with van der Waals surface area (Å²) < 4.78 is 25.9. The van der Waals surface area contributed by atoms with Crippen LogP contribution in [-0.4, -0.2) is 42.4 Å². The van der Waals surface area contributed by atoms with Crippen molar-refractivity contribution in [3.8, 4) is 0 Å². The number of aryl methyl sites for hydroxylation is 1. The Morgan fingerprint density at radius 3 is 2.81 bits per heavy atom. The summed E-state index contributed by atoms with van der Waals surface area (Å²) in [6, 6.07) is 2.93. The molecule has 0 saturated heterocycles. The van der Waals surface area contributed by atoms with E-state index in [4.69, 9.17) is 32.7 Å². The van der Waals surface area contributed by atoms with Gasteiger partial charge in [0.1, 0.15) is 11.6 Å². The fourth-order valence-electron chi connectivity index (χ4n) is 2.10. The highest BCUT2D eigenvalue weighted by Crippen LogP contribution is 2.24. The first-order chi connectivity index (χ1) is 10.2. The molecule has 0 atom stereocenters. The predicted octanol–water partition coefficient (Wildman–Crippen LogP) is 3.27. The van der Waals surface area contributed by atoms with Crippen molar-refractivity contribution in [2.45, 2.75) is 13.0 Å². The lowest BCUT2D eigenvalue weighted by molar-refractivity contribution is 0.0667. The molecule has 0 saturated carbocycles. The van der Waals surface area contributed by atoms with Gasteiger partial charge in [-0.25, -0.2) is 9.37 Å². The molecule has 7 heteroatoms. The molecule has 2 aromatic rings. The number of ether oxygens (including phenoxy) is 2. The van der Waals surface area contributed by atoms with Crippen LogP contribution in [0.3, 0.4) is 0 Å². The number of methoxy groups -OCH3 is 1. The molecule has 1 aromatic heterocycles. The number of imidazole rings is 1. The van der Waals surface area contributed by atoms with Crippen LogP contribution in [0.4, 0.5) is 4.39 Å². The van der Waals surface area contributed by atoms with Crippen LogP contribution in [0, 0.1) is 5.82 Å². The fourth-order valence-corrected chi connectivity index (χ4v) is 2.42. The van der Waals surface area contributed by atoms with Crippen molar-refractivity contribution >= 4 is 34.2 Å². The molecule has 1 heterocycles. The Morgan fingerprint density at radius 2 is 2.10 bits per heavy atom. The van der Waals surface area contributed by atoms with Crippen LogP contribution in [-0.2, 0) is 22.4 Å². The van der Waals surface area contributed by atoms with Crippen molar-refractivity contribution < 1.29 is 13.9 Å². The third-order valence-electron chi connectivity index (χ3n) is 3.08. The van der Waals surface area contributed by atoms with Crippen LogP contribution in [0.25, 0.3) is 11.0 Å². The summed E-state index contributed by atoms with van der Waals surface area (Å²) in [6.07, 6.45) is 0.605. The van der Waals surface area contributed by atoms with E-state index in [0.717, 1.165) is 11.3 Å². The molecule has 0 unspecified atom stereocenters. The lowest BCUT2D eigenvalue weighted by Gasteiger charge is -2.09. The SMILES string of the molecule is COCCOCCn1c(CCCl)nc2cc(F)c(Cl)cc21. The maximum absolute atomic E-state index is 13.5. The highest BCUT2D eigenvalue weighted by Gasteiger charge is 2.13. The Labute approximate surface area is 132 Å². The Bertz CT molecular complexity index is 604. The van der Waals surface area contributed by atoms with Crippen molar-refractivity contribution in [3.63, 3.8) is 0 Å². The van der Waals surface area contributed by atoms with Gasteiger partial charge in [-0.15, -0.1) is 11.6 Å².